The molecule has 1 amide bonds. The molecule has 21 heavy (non-hydrogen) atoms. The molecule has 1 saturated carbocycles. The molecule has 1 aliphatic rings. The summed E-state index contributed by atoms with van der Waals surface area (Å²) in [7, 11) is 0. The van der Waals surface area contributed by atoms with Gasteiger partial charge in [-0.3, -0.25) is 9.69 Å². The number of nitrogens with two attached hydrogens (primary N) is 1. The Morgan fingerprint density at radius 2 is 2.10 bits per heavy atom. The topological polar surface area (TPSA) is 58.4 Å². The van der Waals surface area contributed by atoms with Crippen molar-refractivity contribution in [3.8, 4) is 0 Å². The third-order valence-electron chi connectivity index (χ3n) is 4.14. The maximum absolute atomic E-state index is 12.2. The lowest BCUT2D eigenvalue weighted by atomic mass is 10.1. The van der Waals surface area contributed by atoms with Crippen molar-refractivity contribution in [1.29, 1.82) is 0 Å². The molecule has 4 nitrogen and oxygen atoms in total. The molecule has 0 heterocycles. The van der Waals surface area contributed by atoms with Gasteiger partial charge in [0.2, 0.25) is 5.91 Å². The number of hydrogen-bond acceptors (Lipinski definition) is 3. The molecule has 0 spiro atoms. The van der Waals surface area contributed by atoms with Crippen molar-refractivity contribution < 1.29 is 4.79 Å². The fraction of sp³-hybridized carbons (Fsp3) is 0.588. The molecular weight excluding hydrogens is 262 g/mol. The summed E-state index contributed by atoms with van der Waals surface area (Å²) in [5.41, 5.74) is 7.78. The Kier molecular flexibility index (Phi) is 5.23. The summed E-state index contributed by atoms with van der Waals surface area (Å²) >= 11 is 0. The monoisotopic (exact) mass is 289 g/mol. The number of nitrogen functional groups attached to an aromatic ring is 1. The molecule has 4 heteroatoms. The third-order valence-corrected chi connectivity index (χ3v) is 4.14. The van der Waals surface area contributed by atoms with Crippen molar-refractivity contribution in [3.05, 3.63) is 29.8 Å². The van der Waals surface area contributed by atoms with E-state index in [1.54, 1.807) is 0 Å². The van der Waals surface area contributed by atoms with Crippen LogP contribution in [0.3, 0.4) is 0 Å². The van der Waals surface area contributed by atoms with Crippen LogP contribution < -0.4 is 11.1 Å². The number of amides is 1. The zero-order valence-corrected chi connectivity index (χ0v) is 13.3. The lowest BCUT2D eigenvalue weighted by Gasteiger charge is -2.24. The van der Waals surface area contributed by atoms with Crippen molar-refractivity contribution in [2.45, 2.75) is 52.2 Å². The van der Waals surface area contributed by atoms with E-state index in [1.807, 2.05) is 18.2 Å². The second-order valence-electron chi connectivity index (χ2n) is 6.48. The van der Waals surface area contributed by atoms with Gasteiger partial charge in [-0.2, -0.15) is 0 Å². The van der Waals surface area contributed by atoms with Crippen LogP contribution in [0, 0.1) is 5.92 Å². The van der Waals surface area contributed by atoms with Gasteiger partial charge in [0.15, 0.2) is 0 Å². The van der Waals surface area contributed by atoms with Crippen LogP contribution in [0.15, 0.2) is 24.3 Å². The predicted octanol–water partition coefficient (Wildman–Crippen LogP) is 2.39. The average molecular weight is 289 g/mol. The Morgan fingerprint density at radius 1 is 1.38 bits per heavy atom. The van der Waals surface area contributed by atoms with Crippen molar-refractivity contribution >= 4 is 11.6 Å². The van der Waals surface area contributed by atoms with Gasteiger partial charge in [-0.25, -0.2) is 0 Å². The van der Waals surface area contributed by atoms with E-state index in [0.29, 0.717) is 18.5 Å². The standard InChI is InChI=1S/C17H27N3O/c1-12(2)13(3)19-17(21)11-20(16-7-8-16)10-14-5-4-6-15(18)9-14/h4-6,9,12-13,16H,7-8,10-11,18H2,1-3H3,(H,19,21). The Morgan fingerprint density at radius 3 is 2.67 bits per heavy atom. The average Bonchev–Trinajstić information content (AvgIpc) is 3.22. The first-order chi connectivity index (χ1) is 9.95. The number of rotatable bonds is 7. The molecule has 0 radical (unpaired) electrons. The van der Waals surface area contributed by atoms with Crippen molar-refractivity contribution in [1.82, 2.24) is 10.2 Å². The van der Waals surface area contributed by atoms with Gasteiger partial charge in [-0.1, -0.05) is 26.0 Å². The fourth-order valence-corrected chi connectivity index (χ4v) is 2.33. The van der Waals surface area contributed by atoms with E-state index in [4.69, 9.17) is 5.73 Å². The largest absolute Gasteiger partial charge is 0.399 e. The van der Waals surface area contributed by atoms with Crippen LogP contribution in [0.1, 0.15) is 39.2 Å². The number of nitrogens with zero attached hydrogens (tertiary/aromatic N) is 1. The Balaban J connectivity index is 1.92. The van der Waals surface area contributed by atoms with E-state index in [9.17, 15) is 4.79 Å². The minimum atomic E-state index is 0.118. The maximum atomic E-state index is 12.2. The van der Waals surface area contributed by atoms with Gasteiger partial charge in [0.1, 0.15) is 0 Å². The van der Waals surface area contributed by atoms with Crippen molar-refractivity contribution in [3.63, 3.8) is 0 Å². The Labute approximate surface area is 127 Å². The second kappa shape index (κ2) is 6.94. The molecule has 116 valence electrons. The molecule has 0 bridgehead atoms. The second-order valence-corrected chi connectivity index (χ2v) is 6.48. The number of carbonyl (C=O) groups is 1. The molecule has 0 aromatic heterocycles. The zero-order chi connectivity index (χ0) is 15.4. The molecule has 1 fully saturated rings. The molecule has 1 unspecified atom stereocenters. The summed E-state index contributed by atoms with van der Waals surface area (Å²) in [6.45, 7) is 7.56. The SMILES string of the molecule is CC(C)C(C)NC(=O)CN(Cc1cccc(N)c1)C1CC1. The first-order valence-corrected chi connectivity index (χ1v) is 7.83. The number of anilines is 1. The summed E-state index contributed by atoms with van der Waals surface area (Å²) in [5.74, 6) is 0.573. The summed E-state index contributed by atoms with van der Waals surface area (Å²) in [6, 6.07) is 8.68. The van der Waals surface area contributed by atoms with Crippen LogP contribution in [-0.4, -0.2) is 29.4 Å². The van der Waals surface area contributed by atoms with Gasteiger partial charge in [0.25, 0.3) is 0 Å². The maximum Gasteiger partial charge on any atom is 0.234 e. The van der Waals surface area contributed by atoms with Gasteiger partial charge in [0, 0.05) is 24.3 Å². The van der Waals surface area contributed by atoms with E-state index >= 15 is 0 Å². The van der Waals surface area contributed by atoms with Crippen LogP contribution in [0.25, 0.3) is 0 Å². The third kappa shape index (κ3) is 5.05. The number of hydrogen-bond donors (Lipinski definition) is 2. The van der Waals surface area contributed by atoms with Crippen LogP contribution >= 0.6 is 0 Å². The van der Waals surface area contributed by atoms with E-state index in [2.05, 4.69) is 37.1 Å². The number of carbonyl (C=O) groups excluding carboxylic acids is 1. The summed E-state index contributed by atoms with van der Waals surface area (Å²) in [5, 5.41) is 3.08. The van der Waals surface area contributed by atoms with Gasteiger partial charge < -0.3 is 11.1 Å². The van der Waals surface area contributed by atoms with Gasteiger partial charge in [0.05, 0.1) is 6.54 Å². The van der Waals surface area contributed by atoms with Crippen LogP contribution in [-0.2, 0) is 11.3 Å². The highest BCUT2D eigenvalue weighted by Gasteiger charge is 2.30. The predicted molar refractivity (Wildman–Crippen MR) is 86.7 cm³/mol. The smallest absolute Gasteiger partial charge is 0.234 e. The number of benzene rings is 1. The molecule has 1 atom stereocenters. The fourth-order valence-electron chi connectivity index (χ4n) is 2.33. The normalized spacial score (nSPS) is 16.2. The lowest BCUT2D eigenvalue weighted by Crippen LogP contribution is -2.43. The van der Waals surface area contributed by atoms with Gasteiger partial charge >= 0.3 is 0 Å². The first kappa shape index (κ1) is 15.8. The minimum Gasteiger partial charge on any atom is -0.399 e. The highest BCUT2D eigenvalue weighted by atomic mass is 16.2. The van der Waals surface area contributed by atoms with Gasteiger partial charge in [-0.15, -0.1) is 0 Å². The molecule has 1 aromatic rings. The van der Waals surface area contributed by atoms with Gasteiger partial charge in [-0.05, 0) is 43.4 Å². The molecule has 0 aliphatic heterocycles. The highest BCUT2D eigenvalue weighted by molar-refractivity contribution is 5.78. The van der Waals surface area contributed by atoms with Crippen LogP contribution in [0.5, 0.6) is 0 Å². The van der Waals surface area contributed by atoms with Crippen molar-refractivity contribution in [2.24, 2.45) is 5.92 Å². The number of nitrogens with one attached hydrogen (secondary N) is 1. The van der Waals surface area contributed by atoms with Crippen molar-refractivity contribution in [2.75, 3.05) is 12.3 Å². The molecule has 0 saturated heterocycles. The summed E-state index contributed by atoms with van der Waals surface area (Å²) in [4.78, 5) is 14.4. The molecule has 2 rings (SSSR count). The highest BCUT2D eigenvalue weighted by Crippen LogP contribution is 2.28. The summed E-state index contributed by atoms with van der Waals surface area (Å²) in [6.07, 6.45) is 2.38. The molecule has 1 aliphatic carbocycles. The quantitative estimate of drug-likeness (QED) is 0.758. The van der Waals surface area contributed by atoms with E-state index in [1.165, 1.54) is 18.4 Å². The molecular formula is C17H27N3O. The Hall–Kier alpha value is -1.55. The van der Waals surface area contributed by atoms with E-state index in [-0.39, 0.29) is 11.9 Å². The van der Waals surface area contributed by atoms with E-state index < -0.39 is 0 Å². The van der Waals surface area contributed by atoms with Crippen LogP contribution in [0.2, 0.25) is 0 Å². The molecule has 1 aromatic carbocycles. The first-order valence-electron chi connectivity index (χ1n) is 7.83. The zero-order valence-electron chi connectivity index (χ0n) is 13.3. The Bertz CT molecular complexity index is 483. The molecule has 3 N–H and O–H groups in total. The lowest BCUT2D eigenvalue weighted by molar-refractivity contribution is -0.123. The minimum absolute atomic E-state index is 0.118. The van der Waals surface area contributed by atoms with Crippen LogP contribution in [0.4, 0.5) is 5.69 Å². The van der Waals surface area contributed by atoms with E-state index in [0.717, 1.165) is 12.2 Å². The summed E-state index contributed by atoms with van der Waals surface area (Å²) < 4.78 is 0.